The highest BCUT2D eigenvalue weighted by Gasteiger charge is 2.16. The summed E-state index contributed by atoms with van der Waals surface area (Å²) in [6, 6.07) is 6.23. The molecule has 0 atom stereocenters. The van der Waals surface area contributed by atoms with Crippen molar-refractivity contribution in [1.82, 2.24) is 4.98 Å². The number of amides is 1. The largest absolute Gasteiger partial charge is 0.302 e. The first-order valence-corrected chi connectivity index (χ1v) is 7.27. The van der Waals surface area contributed by atoms with Crippen LogP contribution < -0.4 is 5.32 Å². The van der Waals surface area contributed by atoms with Crippen molar-refractivity contribution in [2.75, 3.05) is 5.32 Å². The number of nitro benzene ring substituents is 1. The highest BCUT2D eigenvalue weighted by Crippen LogP contribution is 2.25. The molecule has 2 aromatic rings. The van der Waals surface area contributed by atoms with Crippen LogP contribution >= 0.6 is 11.3 Å². The van der Waals surface area contributed by atoms with Crippen LogP contribution in [-0.2, 0) is 11.2 Å². The number of nitrogens with zero attached hydrogens (tertiary/aromatic N) is 2. The van der Waals surface area contributed by atoms with Crippen molar-refractivity contribution in [3.8, 4) is 0 Å². The Hall–Kier alpha value is -2.28. The van der Waals surface area contributed by atoms with Crippen molar-refractivity contribution < 1.29 is 9.72 Å². The van der Waals surface area contributed by atoms with Crippen molar-refractivity contribution >= 4 is 28.1 Å². The summed E-state index contributed by atoms with van der Waals surface area (Å²) in [6.07, 6.45) is 1.68. The first-order valence-electron chi connectivity index (χ1n) is 6.45. The number of carbonyl (C=O) groups is 1. The first-order chi connectivity index (χ1) is 9.97. The minimum atomic E-state index is -0.483. The Bertz CT molecular complexity index is 667. The predicted molar refractivity (Wildman–Crippen MR) is 81.6 cm³/mol. The number of anilines is 1. The van der Waals surface area contributed by atoms with Crippen LogP contribution in [0.3, 0.4) is 0 Å². The van der Waals surface area contributed by atoms with Gasteiger partial charge in [0.15, 0.2) is 5.13 Å². The summed E-state index contributed by atoms with van der Waals surface area (Å²) < 4.78 is 0. The zero-order valence-corrected chi connectivity index (χ0v) is 12.5. The molecule has 0 bridgehead atoms. The van der Waals surface area contributed by atoms with Crippen molar-refractivity contribution in [3.63, 3.8) is 0 Å². The third-order valence-electron chi connectivity index (χ3n) is 2.88. The molecule has 7 heteroatoms. The average molecular weight is 305 g/mol. The molecule has 0 saturated carbocycles. The zero-order chi connectivity index (χ0) is 15.4. The van der Waals surface area contributed by atoms with E-state index in [0.29, 0.717) is 16.6 Å². The Morgan fingerprint density at radius 3 is 2.76 bits per heavy atom. The average Bonchev–Trinajstić information content (AvgIpc) is 2.87. The molecule has 1 aromatic carbocycles. The standard InChI is InChI=1S/C14H15N3O3S/c1-9(2)12-8-15-14(21-12)16-13(18)7-10-5-3-4-6-11(10)17(19)20/h3-6,8-9H,7H2,1-2H3,(H,15,16,18). The van der Waals surface area contributed by atoms with Crippen LogP contribution in [0.5, 0.6) is 0 Å². The summed E-state index contributed by atoms with van der Waals surface area (Å²) in [4.78, 5) is 27.6. The molecule has 0 spiro atoms. The smallest absolute Gasteiger partial charge is 0.273 e. The van der Waals surface area contributed by atoms with Gasteiger partial charge in [0.1, 0.15) is 0 Å². The molecule has 0 unspecified atom stereocenters. The van der Waals surface area contributed by atoms with Crippen LogP contribution in [0.15, 0.2) is 30.5 Å². The number of para-hydroxylation sites is 1. The number of thiazole rings is 1. The van der Waals surface area contributed by atoms with E-state index in [1.807, 2.05) is 13.8 Å². The number of benzene rings is 1. The van der Waals surface area contributed by atoms with Gasteiger partial charge in [0.05, 0.1) is 11.3 Å². The van der Waals surface area contributed by atoms with Gasteiger partial charge in [-0.1, -0.05) is 32.0 Å². The van der Waals surface area contributed by atoms with Gasteiger partial charge in [-0.25, -0.2) is 4.98 Å². The molecule has 0 fully saturated rings. The fourth-order valence-electron chi connectivity index (χ4n) is 1.79. The van der Waals surface area contributed by atoms with E-state index in [-0.39, 0.29) is 18.0 Å². The van der Waals surface area contributed by atoms with Crippen molar-refractivity contribution in [2.45, 2.75) is 26.2 Å². The highest BCUT2D eigenvalue weighted by molar-refractivity contribution is 7.15. The van der Waals surface area contributed by atoms with Crippen LogP contribution in [0.4, 0.5) is 10.8 Å². The lowest BCUT2D eigenvalue weighted by Gasteiger charge is -2.03. The molecule has 2 rings (SSSR count). The van der Waals surface area contributed by atoms with Gasteiger partial charge in [-0.3, -0.25) is 14.9 Å². The summed E-state index contributed by atoms with van der Waals surface area (Å²) in [5, 5.41) is 14.1. The van der Waals surface area contributed by atoms with Crippen LogP contribution in [0.1, 0.15) is 30.2 Å². The second-order valence-corrected chi connectivity index (χ2v) is 5.90. The maximum absolute atomic E-state index is 12.0. The van der Waals surface area contributed by atoms with Crippen LogP contribution in [0, 0.1) is 10.1 Å². The van der Waals surface area contributed by atoms with Gasteiger partial charge >= 0.3 is 0 Å². The molecule has 21 heavy (non-hydrogen) atoms. The maximum atomic E-state index is 12.0. The Morgan fingerprint density at radius 1 is 1.43 bits per heavy atom. The molecule has 110 valence electrons. The second kappa shape index (κ2) is 6.45. The van der Waals surface area contributed by atoms with Gasteiger partial charge in [-0.05, 0) is 5.92 Å². The van der Waals surface area contributed by atoms with Crippen molar-refractivity contribution in [2.24, 2.45) is 0 Å². The van der Waals surface area contributed by atoms with E-state index >= 15 is 0 Å². The Kier molecular flexibility index (Phi) is 4.64. The summed E-state index contributed by atoms with van der Waals surface area (Å²) in [5.41, 5.74) is 0.343. The number of nitro groups is 1. The lowest BCUT2D eigenvalue weighted by Crippen LogP contribution is -2.15. The third-order valence-corrected chi connectivity index (χ3v) is 4.09. The number of rotatable bonds is 5. The first kappa shape index (κ1) is 15.1. The minimum absolute atomic E-state index is 0.0466. The third kappa shape index (κ3) is 3.85. The topological polar surface area (TPSA) is 85.1 Å². The molecule has 1 amide bonds. The molecule has 0 radical (unpaired) electrons. The van der Waals surface area contributed by atoms with Crippen molar-refractivity contribution in [1.29, 1.82) is 0 Å². The SMILES string of the molecule is CC(C)c1cnc(NC(=O)Cc2ccccc2[N+](=O)[O-])s1. The van der Waals surface area contributed by atoms with Crippen LogP contribution in [0.2, 0.25) is 0 Å². The normalized spacial score (nSPS) is 10.6. The summed E-state index contributed by atoms with van der Waals surface area (Å²) in [7, 11) is 0. The van der Waals surface area contributed by atoms with Gasteiger partial charge < -0.3 is 5.32 Å². The Morgan fingerprint density at radius 2 is 2.14 bits per heavy atom. The minimum Gasteiger partial charge on any atom is -0.302 e. The van der Waals surface area contributed by atoms with E-state index in [9.17, 15) is 14.9 Å². The summed E-state index contributed by atoms with van der Waals surface area (Å²) in [6.45, 7) is 4.10. The molecular weight excluding hydrogens is 290 g/mol. The summed E-state index contributed by atoms with van der Waals surface area (Å²) in [5.74, 6) is 0.0392. The predicted octanol–water partition coefficient (Wildman–Crippen LogP) is 3.36. The molecular formula is C14H15N3O3S. The van der Waals surface area contributed by atoms with Gasteiger partial charge in [-0.2, -0.15) is 0 Å². The van der Waals surface area contributed by atoms with Gasteiger partial charge in [0.2, 0.25) is 5.91 Å². The van der Waals surface area contributed by atoms with Gasteiger partial charge in [0, 0.05) is 22.7 Å². The Labute approximate surface area is 126 Å². The second-order valence-electron chi connectivity index (χ2n) is 4.83. The fourth-order valence-corrected chi connectivity index (χ4v) is 2.62. The van der Waals surface area contributed by atoms with Crippen molar-refractivity contribution in [3.05, 3.63) is 51.0 Å². The van der Waals surface area contributed by atoms with E-state index < -0.39 is 4.92 Å². The van der Waals surface area contributed by atoms with E-state index in [1.165, 1.54) is 17.4 Å². The number of hydrogen-bond donors (Lipinski definition) is 1. The van der Waals surface area contributed by atoms with E-state index in [0.717, 1.165) is 4.88 Å². The molecule has 1 N–H and O–H groups in total. The van der Waals surface area contributed by atoms with E-state index in [1.54, 1.807) is 24.4 Å². The number of carbonyl (C=O) groups excluding carboxylic acids is 1. The lowest BCUT2D eigenvalue weighted by atomic mass is 10.1. The molecule has 0 aliphatic heterocycles. The summed E-state index contributed by atoms with van der Waals surface area (Å²) >= 11 is 1.41. The Balaban J connectivity index is 2.06. The van der Waals surface area contributed by atoms with Crippen LogP contribution in [0.25, 0.3) is 0 Å². The monoisotopic (exact) mass is 305 g/mol. The van der Waals surface area contributed by atoms with Gasteiger partial charge in [-0.15, -0.1) is 11.3 Å². The molecule has 0 aliphatic rings. The maximum Gasteiger partial charge on any atom is 0.273 e. The molecule has 0 aliphatic carbocycles. The number of hydrogen-bond acceptors (Lipinski definition) is 5. The molecule has 6 nitrogen and oxygen atoms in total. The molecule has 1 heterocycles. The lowest BCUT2D eigenvalue weighted by molar-refractivity contribution is -0.385. The van der Waals surface area contributed by atoms with E-state index in [2.05, 4.69) is 10.3 Å². The van der Waals surface area contributed by atoms with E-state index in [4.69, 9.17) is 0 Å². The molecule has 1 aromatic heterocycles. The van der Waals surface area contributed by atoms with Gasteiger partial charge in [0.25, 0.3) is 5.69 Å². The molecule has 0 saturated heterocycles. The fraction of sp³-hybridized carbons (Fsp3) is 0.286. The number of nitrogens with one attached hydrogen (secondary N) is 1. The highest BCUT2D eigenvalue weighted by atomic mass is 32.1. The zero-order valence-electron chi connectivity index (χ0n) is 11.7. The van der Waals surface area contributed by atoms with Crippen LogP contribution in [-0.4, -0.2) is 15.8 Å². The number of aromatic nitrogens is 1. The quantitative estimate of drug-likeness (QED) is 0.678.